The van der Waals surface area contributed by atoms with Crippen molar-refractivity contribution in [2.45, 2.75) is 18.6 Å². The molecule has 3 rings (SSSR count). The highest BCUT2D eigenvalue weighted by molar-refractivity contribution is 7.91. The van der Waals surface area contributed by atoms with Crippen molar-refractivity contribution in [3.8, 4) is 0 Å². The first kappa shape index (κ1) is 17.6. The van der Waals surface area contributed by atoms with E-state index in [1.807, 2.05) is 4.90 Å². The van der Waals surface area contributed by atoms with Crippen molar-refractivity contribution >= 4 is 27.4 Å². The van der Waals surface area contributed by atoms with Gasteiger partial charge in [-0.3, -0.25) is 14.6 Å². The van der Waals surface area contributed by atoms with E-state index in [1.54, 1.807) is 4.90 Å². The smallest absolute Gasteiger partial charge is 0.317 e. The number of rotatable bonds is 4. The van der Waals surface area contributed by atoms with Crippen LogP contribution >= 0.6 is 11.6 Å². The van der Waals surface area contributed by atoms with Crippen LogP contribution < -0.4 is 0 Å². The highest BCUT2D eigenvalue weighted by Gasteiger charge is 2.46. The molecule has 24 heavy (non-hydrogen) atoms. The minimum Gasteiger partial charge on any atom is -0.480 e. The van der Waals surface area contributed by atoms with Gasteiger partial charge in [0.25, 0.3) is 0 Å². The molecule has 2 fully saturated rings. The van der Waals surface area contributed by atoms with Gasteiger partial charge < -0.3 is 5.11 Å². The maximum atomic E-state index is 13.5. The lowest BCUT2D eigenvalue weighted by Crippen LogP contribution is -2.59. The van der Waals surface area contributed by atoms with E-state index in [1.165, 1.54) is 18.2 Å². The van der Waals surface area contributed by atoms with Crippen LogP contribution in [0.1, 0.15) is 5.56 Å². The quantitative estimate of drug-likeness (QED) is 0.839. The summed E-state index contributed by atoms with van der Waals surface area (Å²) < 4.78 is 37.6. The molecule has 2 aliphatic rings. The molecule has 0 amide bonds. The van der Waals surface area contributed by atoms with Crippen LogP contribution in [0.3, 0.4) is 0 Å². The van der Waals surface area contributed by atoms with Crippen LogP contribution in [0.5, 0.6) is 0 Å². The first-order valence-corrected chi connectivity index (χ1v) is 9.79. The average Bonchev–Trinajstić information content (AvgIpc) is 2.81. The number of hydrogen-bond donors (Lipinski definition) is 1. The standard InChI is InChI=1S/C15H18ClFN2O4S/c16-12-2-1-11(17)5-10(12)6-18-3-4-19(7-15(20)21)14-9-24(22,23)8-13(14)18/h1-2,5,13-14H,3-4,6-9H2,(H,20,21)/t13-,14+/m1/s1. The van der Waals surface area contributed by atoms with E-state index in [4.69, 9.17) is 16.7 Å². The second kappa shape index (κ2) is 6.59. The molecule has 0 saturated carbocycles. The van der Waals surface area contributed by atoms with Gasteiger partial charge in [0.15, 0.2) is 9.84 Å². The Labute approximate surface area is 144 Å². The summed E-state index contributed by atoms with van der Waals surface area (Å²) in [6.45, 7) is 1.13. The third-order valence-electron chi connectivity index (χ3n) is 4.63. The summed E-state index contributed by atoms with van der Waals surface area (Å²) in [5, 5.41) is 9.45. The molecule has 2 saturated heterocycles. The molecule has 2 heterocycles. The Hall–Kier alpha value is -1.22. The molecule has 132 valence electrons. The summed E-state index contributed by atoms with van der Waals surface area (Å²) in [5.74, 6) is -1.42. The van der Waals surface area contributed by atoms with Gasteiger partial charge in [-0.1, -0.05) is 11.6 Å². The van der Waals surface area contributed by atoms with Gasteiger partial charge in [-0.05, 0) is 23.8 Å². The Balaban J connectivity index is 1.83. The van der Waals surface area contributed by atoms with Crippen LogP contribution in [0.4, 0.5) is 4.39 Å². The summed E-state index contributed by atoms with van der Waals surface area (Å²) in [4.78, 5) is 14.7. The van der Waals surface area contributed by atoms with Crippen LogP contribution in [0.25, 0.3) is 0 Å². The van der Waals surface area contributed by atoms with Gasteiger partial charge in [0, 0.05) is 36.7 Å². The zero-order chi connectivity index (χ0) is 17.5. The number of fused-ring (bicyclic) bond motifs is 1. The number of benzene rings is 1. The van der Waals surface area contributed by atoms with Gasteiger partial charge in [-0.25, -0.2) is 12.8 Å². The largest absolute Gasteiger partial charge is 0.480 e. The molecule has 1 aromatic rings. The molecular formula is C15H18ClFN2O4S. The van der Waals surface area contributed by atoms with Crippen LogP contribution in [-0.2, 0) is 21.2 Å². The van der Waals surface area contributed by atoms with Crippen molar-refractivity contribution in [3.63, 3.8) is 0 Å². The molecule has 0 spiro atoms. The molecule has 0 bridgehead atoms. The van der Waals surface area contributed by atoms with Crippen LogP contribution in [-0.4, -0.2) is 72.5 Å². The Kier molecular flexibility index (Phi) is 4.83. The molecule has 6 nitrogen and oxygen atoms in total. The number of aliphatic carboxylic acids is 1. The lowest BCUT2D eigenvalue weighted by Gasteiger charge is -2.43. The van der Waals surface area contributed by atoms with Gasteiger partial charge in [0.2, 0.25) is 0 Å². The lowest BCUT2D eigenvalue weighted by atomic mass is 10.0. The number of carboxylic acid groups (broad SMARTS) is 1. The predicted molar refractivity (Wildman–Crippen MR) is 87.3 cm³/mol. The number of carbonyl (C=O) groups is 1. The highest BCUT2D eigenvalue weighted by Crippen LogP contribution is 2.29. The van der Waals surface area contributed by atoms with Crippen molar-refractivity contribution in [2.24, 2.45) is 0 Å². The van der Waals surface area contributed by atoms with E-state index in [-0.39, 0.29) is 30.1 Å². The highest BCUT2D eigenvalue weighted by atomic mass is 35.5. The van der Waals surface area contributed by atoms with E-state index in [2.05, 4.69) is 0 Å². The molecular weight excluding hydrogens is 359 g/mol. The summed E-state index contributed by atoms with van der Waals surface area (Å²) >= 11 is 6.11. The fourth-order valence-corrected chi connectivity index (χ4v) is 5.77. The number of nitrogens with zero attached hydrogens (tertiary/aromatic N) is 2. The van der Waals surface area contributed by atoms with E-state index < -0.39 is 21.6 Å². The minimum absolute atomic E-state index is 0.0132. The predicted octanol–water partition coefficient (Wildman–Crippen LogP) is 0.847. The van der Waals surface area contributed by atoms with Crippen molar-refractivity contribution < 1.29 is 22.7 Å². The van der Waals surface area contributed by atoms with Crippen molar-refractivity contribution in [1.29, 1.82) is 0 Å². The SMILES string of the molecule is O=C(O)CN1CCN(Cc2cc(F)ccc2Cl)[C@@H]2CS(=O)(=O)C[C@@H]21. The number of halogens is 2. The number of carboxylic acids is 1. The van der Waals surface area contributed by atoms with Crippen molar-refractivity contribution in [1.82, 2.24) is 9.80 Å². The third kappa shape index (κ3) is 3.72. The molecule has 0 radical (unpaired) electrons. The zero-order valence-corrected chi connectivity index (χ0v) is 14.4. The summed E-state index contributed by atoms with van der Waals surface area (Å²) in [7, 11) is -3.22. The maximum absolute atomic E-state index is 13.5. The molecule has 2 aliphatic heterocycles. The lowest BCUT2D eigenvalue weighted by molar-refractivity contribution is -0.139. The number of hydrogen-bond acceptors (Lipinski definition) is 5. The van der Waals surface area contributed by atoms with Gasteiger partial charge >= 0.3 is 5.97 Å². The Morgan fingerprint density at radius 1 is 1.25 bits per heavy atom. The first-order valence-electron chi connectivity index (χ1n) is 7.59. The summed E-state index contributed by atoms with van der Waals surface area (Å²) in [6.07, 6.45) is 0. The van der Waals surface area contributed by atoms with E-state index in [9.17, 15) is 17.6 Å². The summed E-state index contributed by atoms with van der Waals surface area (Å²) in [5.41, 5.74) is 0.603. The van der Waals surface area contributed by atoms with Gasteiger partial charge in [0.05, 0.1) is 18.1 Å². The Morgan fingerprint density at radius 3 is 2.54 bits per heavy atom. The molecule has 0 aromatic heterocycles. The van der Waals surface area contributed by atoms with Gasteiger partial charge in [0.1, 0.15) is 5.82 Å². The van der Waals surface area contributed by atoms with Crippen molar-refractivity contribution in [3.05, 3.63) is 34.6 Å². The van der Waals surface area contributed by atoms with E-state index in [0.717, 1.165) is 0 Å². The zero-order valence-electron chi connectivity index (χ0n) is 12.9. The molecule has 1 aromatic carbocycles. The van der Waals surface area contributed by atoms with Crippen LogP contribution in [0.15, 0.2) is 18.2 Å². The Morgan fingerprint density at radius 2 is 1.88 bits per heavy atom. The first-order chi connectivity index (χ1) is 11.2. The van der Waals surface area contributed by atoms with Crippen molar-refractivity contribution in [2.75, 3.05) is 31.1 Å². The average molecular weight is 377 g/mol. The Bertz CT molecular complexity index is 758. The maximum Gasteiger partial charge on any atom is 0.317 e. The second-order valence-corrected chi connectivity index (χ2v) is 8.84. The molecule has 0 unspecified atom stereocenters. The van der Waals surface area contributed by atoms with E-state index >= 15 is 0 Å². The number of piperazine rings is 1. The number of sulfone groups is 1. The topological polar surface area (TPSA) is 77.9 Å². The molecule has 1 N–H and O–H groups in total. The second-order valence-electron chi connectivity index (χ2n) is 6.28. The fraction of sp³-hybridized carbons (Fsp3) is 0.533. The third-order valence-corrected chi connectivity index (χ3v) is 6.69. The molecule has 2 atom stereocenters. The fourth-order valence-electron chi connectivity index (χ4n) is 3.55. The normalized spacial score (nSPS) is 27.1. The minimum atomic E-state index is -3.22. The van der Waals surface area contributed by atoms with Crippen LogP contribution in [0, 0.1) is 5.82 Å². The molecule has 9 heteroatoms. The monoisotopic (exact) mass is 376 g/mol. The van der Waals surface area contributed by atoms with E-state index in [0.29, 0.717) is 30.2 Å². The summed E-state index contributed by atoms with van der Waals surface area (Å²) in [6, 6.07) is 3.45. The van der Waals surface area contributed by atoms with Gasteiger partial charge in [-0.2, -0.15) is 0 Å². The van der Waals surface area contributed by atoms with Gasteiger partial charge in [-0.15, -0.1) is 0 Å². The molecule has 0 aliphatic carbocycles. The van der Waals surface area contributed by atoms with Crippen LogP contribution in [0.2, 0.25) is 5.02 Å².